The Morgan fingerprint density at radius 2 is 1.79 bits per heavy atom. The van der Waals surface area contributed by atoms with Gasteiger partial charge < -0.3 is 16.0 Å². The third-order valence-electron chi connectivity index (χ3n) is 4.23. The van der Waals surface area contributed by atoms with Crippen molar-refractivity contribution in [2.24, 2.45) is 0 Å². The number of benzene rings is 1. The minimum atomic E-state index is -3.68. The van der Waals surface area contributed by atoms with Gasteiger partial charge in [0.25, 0.3) is 5.91 Å². The topological polar surface area (TPSA) is 108 Å². The van der Waals surface area contributed by atoms with Crippen LogP contribution in [0.25, 0.3) is 0 Å². The number of carbonyl (C=O) groups excluding carboxylic acids is 2. The molecule has 1 aliphatic rings. The second-order valence-electron chi connectivity index (χ2n) is 6.24. The highest BCUT2D eigenvalue weighted by Gasteiger charge is 2.31. The Labute approximate surface area is 168 Å². The molecule has 1 saturated heterocycles. The lowest BCUT2D eigenvalue weighted by Crippen LogP contribution is -2.29. The molecule has 0 aliphatic carbocycles. The molecule has 0 unspecified atom stereocenters. The summed E-state index contributed by atoms with van der Waals surface area (Å²) in [6.45, 7) is 3.26. The molecule has 8 nitrogen and oxygen atoms in total. The Bertz CT molecular complexity index is 965. The standard InChI is InChI=1S/C18H22N4O4S2/c1-2-19-18(24)21-14-7-5-6-13(12-14)20-17(23)16-15(8-11-27-16)28(25,26)22-9-3-4-10-22/h5-8,11-12H,2-4,9-10H2,1H3,(H,20,23)(H2,19,21,24). The lowest BCUT2D eigenvalue weighted by molar-refractivity contribution is 0.102. The van der Waals surface area contributed by atoms with E-state index < -0.39 is 15.9 Å². The lowest BCUT2D eigenvalue weighted by atomic mass is 10.2. The van der Waals surface area contributed by atoms with Gasteiger partial charge in [-0.15, -0.1) is 11.3 Å². The summed E-state index contributed by atoms with van der Waals surface area (Å²) in [6, 6.07) is 7.79. The first-order chi connectivity index (χ1) is 13.4. The monoisotopic (exact) mass is 422 g/mol. The molecule has 2 aromatic rings. The number of carbonyl (C=O) groups is 2. The Morgan fingerprint density at radius 1 is 1.11 bits per heavy atom. The third-order valence-corrected chi connectivity index (χ3v) is 7.22. The summed E-state index contributed by atoms with van der Waals surface area (Å²) >= 11 is 1.09. The first kappa shape index (κ1) is 20.3. The number of nitrogens with zero attached hydrogens (tertiary/aromatic N) is 1. The maximum Gasteiger partial charge on any atom is 0.319 e. The van der Waals surface area contributed by atoms with Crippen LogP contribution in [0.5, 0.6) is 0 Å². The van der Waals surface area contributed by atoms with Gasteiger partial charge in [0.2, 0.25) is 10.0 Å². The van der Waals surface area contributed by atoms with Crippen LogP contribution in [0.1, 0.15) is 29.4 Å². The van der Waals surface area contributed by atoms with E-state index in [-0.39, 0.29) is 15.8 Å². The second kappa shape index (κ2) is 8.72. The van der Waals surface area contributed by atoms with Crippen LogP contribution in [0, 0.1) is 0 Å². The number of urea groups is 1. The molecule has 3 amide bonds. The summed E-state index contributed by atoms with van der Waals surface area (Å²) in [6.07, 6.45) is 1.66. The van der Waals surface area contributed by atoms with E-state index >= 15 is 0 Å². The van der Waals surface area contributed by atoms with Crippen molar-refractivity contribution in [3.05, 3.63) is 40.6 Å². The van der Waals surface area contributed by atoms with Crippen LogP contribution in [0.3, 0.4) is 0 Å². The second-order valence-corrected chi connectivity index (χ2v) is 9.07. The zero-order valence-corrected chi connectivity index (χ0v) is 17.0. The van der Waals surface area contributed by atoms with Gasteiger partial charge in [-0.1, -0.05) is 6.07 Å². The Hall–Kier alpha value is -2.43. The fourth-order valence-corrected chi connectivity index (χ4v) is 5.75. The number of anilines is 2. The molecule has 1 aliphatic heterocycles. The summed E-state index contributed by atoms with van der Waals surface area (Å²) in [5.74, 6) is -0.497. The van der Waals surface area contributed by atoms with Gasteiger partial charge in [0, 0.05) is 31.0 Å². The van der Waals surface area contributed by atoms with E-state index in [1.807, 2.05) is 6.92 Å². The van der Waals surface area contributed by atoms with E-state index in [1.165, 1.54) is 10.4 Å². The van der Waals surface area contributed by atoms with Gasteiger partial charge in [-0.2, -0.15) is 4.31 Å². The Balaban J connectivity index is 1.76. The zero-order chi connectivity index (χ0) is 20.1. The number of nitrogens with one attached hydrogen (secondary N) is 3. The van der Waals surface area contributed by atoms with Crippen molar-refractivity contribution >= 4 is 44.7 Å². The molecule has 0 atom stereocenters. The van der Waals surface area contributed by atoms with E-state index in [4.69, 9.17) is 0 Å². The largest absolute Gasteiger partial charge is 0.338 e. The normalized spacial score (nSPS) is 14.6. The van der Waals surface area contributed by atoms with E-state index in [1.54, 1.807) is 29.6 Å². The van der Waals surface area contributed by atoms with Gasteiger partial charge in [0.15, 0.2) is 0 Å². The summed E-state index contributed by atoms with van der Waals surface area (Å²) < 4.78 is 27.0. The molecule has 0 radical (unpaired) electrons. The molecule has 1 aromatic carbocycles. The summed E-state index contributed by atoms with van der Waals surface area (Å²) in [5, 5.41) is 9.59. The molecular formula is C18H22N4O4S2. The summed E-state index contributed by atoms with van der Waals surface area (Å²) in [4.78, 5) is 24.5. The van der Waals surface area contributed by atoms with Crippen LogP contribution in [0.2, 0.25) is 0 Å². The van der Waals surface area contributed by atoms with Crippen molar-refractivity contribution in [1.29, 1.82) is 0 Å². The number of sulfonamides is 1. The molecule has 150 valence electrons. The molecule has 0 bridgehead atoms. The molecule has 0 saturated carbocycles. The molecule has 3 N–H and O–H groups in total. The smallest absolute Gasteiger partial charge is 0.319 e. The molecule has 1 aromatic heterocycles. The highest BCUT2D eigenvalue weighted by molar-refractivity contribution is 7.89. The zero-order valence-electron chi connectivity index (χ0n) is 15.4. The predicted molar refractivity (Wildman–Crippen MR) is 109 cm³/mol. The molecular weight excluding hydrogens is 400 g/mol. The van der Waals surface area contributed by atoms with Gasteiger partial charge in [0.05, 0.1) is 0 Å². The third kappa shape index (κ3) is 4.51. The minimum absolute atomic E-state index is 0.0357. The maximum atomic E-state index is 12.8. The van der Waals surface area contributed by atoms with Crippen molar-refractivity contribution < 1.29 is 18.0 Å². The number of amides is 3. The van der Waals surface area contributed by atoms with E-state index in [9.17, 15) is 18.0 Å². The minimum Gasteiger partial charge on any atom is -0.338 e. The summed E-state index contributed by atoms with van der Waals surface area (Å²) in [7, 11) is -3.68. The average Bonchev–Trinajstić information content (AvgIpc) is 3.34. The first-order valence-electron chi connectivity index (χ1n) is 8.95. The number of hydrogen-bond donors (Lipinski definition) is 3. The van der Waals surface area contributed by atoms with Gasteiger partial charge >= 0.3 is 6.03 Å². The summed E-state index contributed by atoms with van der Waals surface area (Å²) in [5.41, 5.74) is 0.970. The Kier molecular flexibility index (Phi) is 6.32. The Morgan fingerprint density at radius 3 is 2.46 bits per heavy atom. The van der Waals surface area contributed by atoms with Crippen LogP contribution in [-0.4, -0.2) is 44.3 Å². The van der Waals surface area contributed by atoms with Gasteiger partial charge in [-0.3, -0.25) is 4.79 Å². The highest BCUT2D eigenvalue weighted by atomic mass is 32.2. The first-order valence-corrected chi connectivity index (χ1v) is 11.3. The molecule has 3 rings (SSSR count). The van der Waals surface area contributed by atoms with Gasteiger partial charge in [-0.05, 0) is 49.4 Å². The molecule has 2 heterocycles. The molecule has 10 heteroatoms. The van der Waals surface area contributed by atoms with Gasteiger partial charge in [0.1, 0.15) is 9.77 Å². The van der Waals surface area contributed by atoms with Crippen LogP contribution in [0.15, 0.2) is 40.6 Å². The van der Waals surface area contributed by atoms with Crippen LogP contribution in [0.4, 0.5) is 16.2 Å². The lowest BCUT2D eigenvalue weighted by Gasteiger charge is -2.15. The molecule has 28 heavy (non-hydrogen) atoms. The predicted octanol–water partition coefficient (Wildman–Crippen LogP) is 2.93. The molecule has 0 spiro atoms. The van der Waals surface area contributed by atoms with Crippen LogP contribution in [-0.2, 0) is 10.0 Å². The van der Waals surface area contributed by atoms with Crippen molar-refractivity contribution in [1.82, 2.24) is 9.62 Å². The van der Waals surface area contributed by atoms with E-state index in [0.29, 0.717) is 31.0 Å². The average molecular weight is 423 g/mol. The molecule has 1 fully saturated rings. The van der Waals surface area contributed by atoms with Crippen molar-refractivity contribution in [2.75, 3.05) is 30.3 Å². The number of thiophene rings is 1. The van der Waals surface area contributed by atoms with E-state index in [2.05, 4.69) is 16.0 Å². The fourth-order valence-electron chi connectivity index (χ4n) is 2.93. The number of rotatable bonds is 6. The van der Waals surface area contributed by atoms with Crippen LogP contribution < -0.4 is 16.0 Å². The quantitative estimate of drug-likeness (QED) is 0.665. The van der Waals surface area contributed by atoms with Crippen LogP contribution >= 0.6 is 11.3 Å². The fraction of sp³-hybridized carbons (Fsp3) is 0.333. The van der Waals surface area contributed by atoms with Crippen molar-refractivity contribution in [2.45, 2.75) is 24.7 Å². The van der Waals surface area contributed by atoms with Crippen molar-refractivity contribution in [3.8, 4) is 0 Å². The van der Waals surface area contributed by atoms with Crippen molar-refractivity contribution in [3.63, 3.8) is 0 Å². The maximum absolute atomic E-state index is 12.8. The van der Waals surface area contributed by atoms with E-state index in [0.717, 1.165) is 24.2 Å². The highest BCUT2D eigenvalue weighted by Crippen LogP contribution is 2.28. The van der Waals surface area contributed by atoms with Gasteiger partial charge in [-0.25, -0.2) is 13.2 Å². The number of hydrogen-bond acceptors (Lipinski definition) is 5. The SMILES string of the molecule is CCNC(=O)Nc1cccc(NC(=O)c2sccc2S(=O)(=O)N2CCCC2)c1.